The smallest absolute Gasteiger partial charge is 0.408 e. The van der Waals surface area contributed by atoms with Crippen LogP contribution >= 0.6 is 12.4 Å². The lowest BCUT2D eigenvalue weighted by Gasteiger charge is -2.07. The molecule has 5 nitrogen and oxygen atoms in total. The van der Waals surface area contributed by atoms with Crippen LogP contribution in [0.25, 0.3) is 0 Å². The van der Waals surface area contributed by atoms with Crippen LogP contribution in [0.3, 0.4) is 0 Å². The molecule has 1 aromatic carbocycles. The second-order valence-electron chi connectivity index (χ2n) is 4.54. The van der Waals surface area contributed by atoms with Gasteiger partial charge in [-0.25, -0.2) is 0 Å². The first kappa shape index (κ1) is 18.1. The normalized spacial score (nSPS) is 11.2. The molecule has 1 aromatic heterocycles. The topological polar surface area (TPSA) is 70.3 Å². The van der Waals surface area contributed by atoms with Crippen LogP contribution in [0.4, 0.5) is 13.2 Å². The summed E-state index contributed by atoms with van der Waals surface area (Å²) in [6.45, 7) is -0.546. The molecule has 2 rings (SSSR count). The van der Waals surface area contributed by atoms with E-state index in [-0.39, 0.29) is 30.5 Å². The summed E-state index contributed by atoms with van der Waals surface area (Å²) in [6, 6.07) is 5.71. The number of phenols is 2. The molecule has 0 fully saturated rings. The van der Waals surface area contributed by atoms with Crippen LogP contribution in [-0.2, 0) is 19.6 Å². The minimum Gasteiger partial charge on any atom is -0.508 e. The van der Waals surface area contributed by atoms with Crippen LogP contribution in [-0.4, -0.2) is 26.2 Å². The van der Waals surface area contributed by atoms with Crippen molar-refractivity contribution in [2.24, 2.45) is 0 Å². The molecule has 3 N–H and O–H groups in total. The first-order valence-corrected chi connectivity index (χ1v) is 6.14. The summed E-state index contributed by atoms with van der Waals surface area (Å²) in [5.74, 6) is -0.0905. The average molecular weight is 338 g/mol. The predicted octanol–water partition coefficient (Wildman–Crippen LogP) is 2.57. The fourth-order valence-corrected chi connectivity index (χ4v) is 1.80. The molecule has 0 saturated carbocycles. The van der Waals surface area contributed by atoms with Crippen LogP contribution in [0, 0.1) is 0 Å². The number of aromatic nitrogens is 2. The summed E-state index contributed by atoms with van der Waals surface area (Å²) in [5.41, 5.74) is 1.04. The number of phenolic OH excluding ortho intramolecular Hbond substituents is 2. The van der Waals surface area contributed by atoms with Gasteiger partial charge in [0.2, 0.25) is 0 Å². The molecule has 0 aliphatic heterocycles. The zero-order valence-electron chi connectivity index (χ0n) is 11.3. The summed E-state index contributed by atoms with van der Waals surface area (Å²) >= 11 is 0. The van der Waals surface area contributed by atoms with E-state index in [9.17, 15) is 18.3 Å². The van der Waals surface area contributed by atoms with Crippen molar-refractivity contribution >= 4 is 12.4 Å². The van der Waals surface area contributed by atoms with Gasteiger partial charge in [0.15, 0.2) is 0 Å². The lowest BCUT2D eigenvalue weighted by atomic mass is 10.2. The number of halogens is 4. The van der Waals surface area contributed by atoms with Gasteiger partial charge in [-0.15, -0.1) is 12.4 Å². The quantitative estimate of drug-likeness (QED) is 0.784. The highest BCUT2D eigenvalue weighted by atomic mass is 35.5. The molecule has 0 atom stereocenters. The number of alkyl halides is 3. The van der Waals surface area contributed by atoms with Gasteiger partial charge in [0.1, 0.15) is 18.0 Å². The zero-order valence-corrected chi connectivity index (χ0v) is 12.2. The second kappa shape index (κ2) is 7.37. The standard InChI is InChI=1S/C13H14F3N3O2.ClH/c14-13(15,16)8-19-4-3-10(18-19)7-17-6-9-1-2-11(20)5-12(9)21;/h1-5,17,20-21H,6-8H2;1H. The Kier molecular flexibility index (Phi) is 6.07. The molecule has 0 saturated heterocycles. The lowest BCUT2D eigenvalue weighted by molar-refractivity contribution is -0.142. The molecule has 9 heteroatoms. The van der Waals surface area contributed by atoms with Crippen LogP contribution in [0.1, 0.15) is 11.3 Å². The molecule has 0 unspecified atom stereocenters. The molecular weight excluding hydrogens is 323 g/mol. The van der Waals surface area contributed by atoms with Gasteiger partial charge in [-0.1, -0.05) is 6.07 Å². The summed E-state index contributed by atoms with van der Waals surface area (Å²) in [5, 5.41) is 25.5. The van der Waals surface area contributed by atoms with Crippen molar-refractivity contribution < 1.29 is 23.4 Å². The maximum Gasteiger partial charge on any atom is 0.408 e. The Morgan fingerprint density at radius 1 is 1.14 bits per heavy atom. The number of hydrogen-bond acceptors (Lipinski definition) is 4. The van der Waals surface area contributed by atoms with Gasteiger partial charge in [0, 0.05) is 30.9 Å². The summed E-state index contributed by atoms with van der Waals surface area (Å²) < 4.78 is 37.4. The van der Waals surface area contributed by atoms with E-state index in [1.807, 2.05) is 0 Å². The Hall–Kier alpha value is -1.93. The molecule has 2 aromatic rings. The largest absolute Gasteiger partial charge is 0.508 e. The van der Waals surface area contributed by atoms with E-state index < -0.39 is 12.7 Å². The van der Waals surface area contributed by atoms with Crippen molar-refractivity contribution in [3.8, 4) is 11.5 Å². The third-order valence-electron chi connectivity index (χ3n) is 2.73. The summed E-state index contributed by atoms with van der Waals surface area (Å²) in [6.07, 6.45) is -3.03. The molecule has 1 heterocycles. The molecule has 0 amide bonds. The van der Waals surface area contributed by atoms with Crippen LogP contribution in [0.5, 0.6) is 11.5 Å². The van der Waals surface area contributed by atoms with Gasteiger partial charge < -0.3 is 15.5 Å². The minimum absolute atomic E-state index is 0. The van der Waals surface area contributed by atoms with E-state index in [0.717, 1.165) is 4.68 Å². The highest BCUT2D eigenvalue weighted by Crippen LogP contribution is 2.22. The second-order valence-corrected chi connectivity index (χ2v) is 4.54. The van der Waals surface area contributed by atoms with E-state index in [2.05, 4.69) is 10.4 Å². The maximum atomic E-state index is 12.2. The van der Waals surface area contributed by atoms with Crippen molar-refractivity contribution in [1.29, 1.82) is 0 Å². The van der Waals surface area contributed by atoms with E-state index in [4.69, 9.17) is 5.11 Å². The van der Waals surface area contributed by atoms with Gasteiger partial charge in [0.05, 0.1) is 5.69 Å². The number of nitrogens with zero attached hydrogens (tertiary/aromatic N) is 2. The number of benzene rings is 1. The highest BCUT2D eigenvalue weighted by molar-refractivity contribution is 5.85. The van der Waals surface area contributed by atoms with Gasteiger partial charge in [-0.2, -0.15) is 18.3 Å². The van der Waals surface area contributed by atoms with Gasteiger partial charge in [0.25, 0.3) is 0 Å². The number of nitrogens with one attached hydrogen (secondary N) is 1. The first-order valence-electron chi connectivity index (χ1n) is 6.14. The third kappa shape index (κ3) is 5.45. The summed E-state index contributed by atoms with van der Waals surface area (Å²) in [7, 11) is 0. The molecule has 22 heavy (non-hydrogen) atoms. The highest BCUT2D eigenvalue weighted by Gasteiger charge is 2.28. The van der Waals surface area contributed by atoms with Crippen LogP contribution < -0.4 is 5.32 Å². The molecule has 122 valence electrons. The minimum atomic E-state index is -4.30. The Bertz CT molecular complexity index is 617. The van der Waals surface area contributed by atoms with E-state index >= 15 is 0 Å². The van der Waals surface area contributed by atoms with E-state index in [0.29, 0.717) is 17.8 Å². The predicted molar refractivity (Wildman–Crippen MR) is 75.8 cm³/mol. The van der Waals surface area contributed by atoms with Crippen molar-refractivity contribution in [2.45, 2.75) is 25.8 Å². The first-order chi connectivity index (χ1) is 9.83. The van der Waals surface area contributed by atoms with Crippen molar-refractivity contribution in [3.63, 3.8) is 0 Å². The van der Waals surface area contributed by atoms with Gasteiger partial charge in [-0.05, 0) is 12.1 Å². The monoisotopic (exact) mass is 337 g/mol. The molecular formula is C13H15ClF3N3O2. The van der Waals surface area contributed by atoms with E-state index in [1.165, 1.54) is 24.4 Å². The van der Waals surface area contributed by atoms with Gasteiger partial charge >= 0.3 is 6.18 Å². The molecule has 0 bridgehead atoms. The molecule has 0 aliphatic rings. The Labute approximate surface area is 130 Å². The summed E-state index contributed by atoms with van der Waals surface area (Å²) in [4.78, 5) is 0. The average Bonchev–Trinajstić information content (AvgIpc) is 2.77. The lowest BCUT2D eigenvalue weighted by Crippen LogP contribution is -2.19. The van der Waals surface area contributed by atoms with Crippen LogP contribution in [0.15, 0.2) is 30.5 Å². The Morgan fingerprint density at radius 3 is 2.50 bits per heavy atom. The fraction of sp³-hybridized carbons (Fsp3) is 0.308. The number of aromatic hydroxyl groups is 2. The SMILES string of the molecule is Cl.Oc1ccc(CNCc2ccn(CC(F)(F)F)n2)c(O)c1. The maximum absolute atomic E-state index is 12.2. The van der Waals surface area contributed by atoms with Crippen molar-refractivity contribution in [3.05, 3.63) is 41.7 Å². The molecule has 0 aliphatic carbocycles. The number of rotatable bonds is 5. The Balaban J connectivity index is 0.00000242. The van der Waals surface area contributed by atoms with Crippen molar-refractivity contribution in [2.75, 3.05) is 0 Å². The van der Waals surface area contributed by atoms with Gasteiger partial charge in [-0.3, -0.25) is 4.68 Å². The molecule has 0 spiro atoms. The number of hydrogen-bond donors (Lipinski definition) is 3. The van der Waals surface area contributed by atoms with Crippen molar-refractivity contribution in [1.82, 2.24) is 15.1 Å². The Morgan fingerprint density at radius 2 is 1.86 bits per heavy atom. The third-order valence-corrected chi connectivity index (χ3v) is 2.73. The molecule has 0 radical (unpaired) electrons. The van der Waals surface area contributed by atoms with Crippen LogP contribution in [0.2, 0.25) is 0 Å². The van der Waals surface area contributed by atoms with E-state index in [1.54, 1.807) is 6.07 Å². The fourth-order valence-electron chi connectivity index (χ4n) is 1.80. The zero-order chi connectivity index (χ0) is 15.5.